The van der Waals surface area contributed by atoms with Gasteiger partial charge in [0.15, 0.2) is 0 Å². The number of ether oxygens (including phenoxy) is 1. The lowest BCUT2D eigenvalue weighted by molar-refractivity contribution is -0.121. The Balaban J connectivity index is 1.47. The summed E-state index contributed by atoms with van der Waals surface area (Å²) in [6, 6.07) is 10.8. The summed E-state index contributed by atoms with van der Waals surface area (Å²) in [7, 11) is 0. The average molecular weight is 353 g/mol. The van der Waals surface area contributed by atoms with Crippen LogP contribution >= 0.6 is 0 Å². The van der Waals surface area contributed by atoms with Crippen LogP contribution < -0.4 is 10.6 Å². The number of benzene rings is 1. The number of amides is 2. The predicted molar refractivity (Wildman–Crippen MR) is 98.7 cm³/mol. The Morgan fingerprint density at radius 3 is 2.81 bits per heavy atom. The first kappa shape index (κ1) is 18.1. The smallest absolute Gasteiger partial charge is 0.255 e. The molecule has 2 amide bonds. The van der Waals surface area contributed by atoms with E-state index >= 15 is 0 Å². The fourth-order valence-electron chi connectivity index (χ4n) is 2.92. The Kier molecular flexibility index (Phi) is 6.33. The lowest BCUT2D eigenvalue weighted by Crippen LogP contribution is -2.24. The molecule has 0 radical (unpaired) electrons. The number of carbonyl (C=O) groups excluding carboxylic acids is 2. The van der Waals surface area contributed by atoms with Crippen molar-refractivity contribution >= 4 is 17.5 Å². The molecule has 1 aromatic heterocycles. The van der Waals surface area contributed by atoms with Gasteiger partial charge in [-0.25, -0.2) is 0 Å². The van der Waals surface area contributed by atoms with Crippen molar-refractivity contribution in [2.45, 2.75) is 38.3 Å². The fraction of sp³-hybridized carbons (Fsp3) is 0.350. The molecule has 26 heavy (non-hydrogen) atoms. The third-order valence-electron chi connectivity index (χ3n) is 4.33. The standard InChI is InChI=1S/C20H23N3O3/c24-19(7-6-18-5-2-12-26-18)22-14-15-3-1-4-17(13-15)23-20(25)16-8-10-21-11-9-16/h1,3-4,8-11,13,18H,2,5-7,12,14H2,(H,22,24)(H,23,25). The predicted octanol–water partition coefficient (Wildman–Crippen LogP) is 2.91. The molecule has 1 fully saturated rings. The van der Waals surface area contributed by atoms with Crippen molar-refractivity contribution in [3.05, 3.63) is 59.9 Å². The van der Waals surface area contributed by atoms with E-state index in [2.05, 4.69) is 15.6 Å². The highest BCUT2D eigenvalue weighted by molar-refractivity contribution is 6.04. The lowest BCUT2D eigenvalue weighted by Gasteiger charge is -2.10. The molecule has 2 aromatic rings. The number of hydrogen-bond donors (Lipinski definition) is 2. The minimum atomic E-state index is -0.190. The second-order valence-electron chi connectivity index (χ2n) is 6.34. The molecule has 0 spiro atoms. The van der Waals surface area contributed by atoms with Gasteiger partial charge in [-0.1, -0.05) is 12.1 Å². The van der Waals surface area contributed by atoms with Crippen LogP contribution in [-0.4, -0.2) is 29.5 Å². The van der Waals surface area contributed by atoms with E-state index in [4.69, 9.17) is 4.74 Å². The Morgan fingerprint density at radius 1 is 1.19 bits per heavy atom. The van der Waals surface area contributed by atoms with E-state index in [0.717, 1.165) is 31.4 Å². The van der Waals surface area contributed by atoms with Crippen LogP contribution in [0.2, 0.25) is 0 Å². The summed E-state index contributed by atoms with van der Waals surface area (Å²) in [5, 5.41) is 5.77. The van der Waals surface area contributed by atoms with Gasteiger partial charge >= 0.3 is 0 Å². The third kappa shape index (κ3) is 5.39. The second kappa shape index (κ2) is 9.10. The van der Waals surface area contributed by atoms with Gasteiger partial charge in [-0.2, -0.15) is 0 Å². The molecule has 0 saturated carbocycles. The van der Waals surface area contributed by atoms with Crippen molar-refractivity contribution in [3.63, 3.8) is 0 Å². The number of nitrogens with zero attached hydrogens (tertiary/aromatic N) is 1. The average Bonchev–Trinajstić information content (AvgIpc) is 3.19. The van der Waals surface area contributed by atoms with E-state index in [9.17, 15) is 9.59 Å². The van der Waals surface area contributed by atoms with Crippen molar-refractivity contribution in [1.82, 2.24) is 10.3 Å². The van der Waals surface area contributed by atoms with Gasteiger partial charge in [0.25, 0.3) is 5.91 Å². The number of hydrogen-bond acceptors (Lipinski definition) is 4. The molecule has 1 aliphatic rings. The number of anilines is 1. The zero-order valence-electron chi connectivity index (χ0n) is 14.6. The molecule has 2 N–H and O–H groups in total. The normalized spacial score (nSPS) is 16.2. The summed E-state index contributed by atoms with van der Waals surface area (Å²) in [5.74, 6) is -0.170. The van der Waals surface area contributed by atoms with Gasteiger partial charge < -0.3 is 15.4 Å². The summed E-state index contributed by atoms with van der Waals surface area (Å²) < 4.78 is 5.53. The first-order chi connectivity index (χ1) is 12.7. The molecule has 1 aliphatic heterocycles. The van der Waals surface area contributed by atoms with Crippen molar-refractivity contribution in [3.8, 4) is 0 Å². The SMILES string of the molecule is O=C(CCC1CCCO1)NCc1cccc(NC(=O)c2ccncc2)c1. The fourth-order valence-corrected chi connectivity index (χ4v) is 2.92. The molecule has 6 nitrogen and oxygen atoms in total. The van der Waals surface area contributed by atoms with E-state index in [1.807, 2.05) is 24.3 Å². The Bertz CT molecular complexity index is 743. The van der Waals surface area contributed by atoms with Crippen LogP contribution in [0.15, 0.2) is 48.8 Å². The van der Waals surface area contributed by atoms with Gasteiger partial charge in [-0.05, 0) is 49.1 Å². The van der Waals surface area contributed by atoms with E-state index < -0.39 is 0 Å². The van der Waals surface area contributed by atoms with Crippen molar-refractivity contribution in [2.75, 3.05) is 11.9 Å². The molecular weight excluding hydrogens is 330 g/mol. The number of aromatic nitrogens is 1. The second-order valence-corrected chi connectivity index (χ2v) is 6.34. The van der Waals surface area contributed by atoms with Gasteiger partial charge in [-0.15, -0.1) is 0 Å². The molecule has 3 rings (SSSR count). The maximum absolute atomic E-state index is 12.2. The summed E-state index contributed by atoms with van der Waals surface area (Å²) in [6.45, 7) is 1.24. The monoisotopic (exact) mass is 353 g/mol. The number of carbonyl (C=O) groups is 2. The maximum Gasteiger partial charge on any atom is 0.255 e. The van der Waals surface area contributed by atoms with E-state index in [1.54, 1.807) is 24.5 Å². The van der Waals surface area contributed by atoms with E-state index in [-0.39, 0.29) is 17.9 Å². The highest BCUT2D eigenvalue weighted by Crippen LogP contribution is 2.17. The molecule has 1 atom stereocenters. The van der Waals surface area contributed by atoms with Crippen LogP contribution in [0, 0.1) is 0 Å². The van der Waals surface area contributed by atoms with Gasteiger partial charge in [0.05, 0.1) is 6.10 Å². The van der Waals surface area contributed by atoms with Crippen LogP contribution in [0.1, 0.15) is 41.6 Å². The van der Waals surface area contributed by atoms with Crippen LogP contribution in [0.25, 0.3) is 0 Å². The Morgan fingerprint density at radius 2 is 2.04 bits per heavy atom. The first-order valence-electron chi connectivity index (χ1n) is 8.89. The molecule has 6 heteroatoms. The van der Waals surface area contributed by atoms with E-state index in [0.29, 0.717) is 24.2 Å². The largest absolute Gasteiger partial charge is 0.378 e. The van der Waals surface area contributed by atoms with Crippen LogP contribution in [0.4, 0.5) is 5.69 Å². The van der Waals surface area contributed by atoms with Crippen molar-refractivity contribution in [2.24, 2.45) is 0 Å². The summed E-state index contributed by atoms with van der Waals surface area (Å²) in [5.41, 5.74) is 2.17. The van der Waals surface area contributed by atoms with Gasteiger partial charge in [-0.3, -0.25) is 14.6 Å². The molecule has 0 aliphatic carbocycles. The van der Waals surface area contributed by atoms with Crippen LogP contribution in [0.3, 0.4) is 0 Å². The van der Waals surface area contributed by atoms with Crippen LogP contribution in [0.5, 0.6) is 0 Å². The zero-order valence-corrected chi connectivity index (χ0v) is 14.6. The van der Waals surface area contributed by atoms with Crippen molar-refractivity contribution in [1.29, 1.82) is 0 Å². The minimum Gasteiger partial charge on any atom is -0.378 e. The molecular formula is C20H23N3O3. The zero-order chi connectivity index (χ0) is 18.2. The Hall–Kier alpha value is -2.73. The lowest BCUT2D eigenvalue weighted by atomic mass is 10.1. The highest BCUT2D eigenvalue weighted by Gasteiger charge is 2.16. The van der Waals surface area contributed by atoms with Gasteiger partial charge in [0.1, 0.15) is 0 Å². The summed E-state index contributed by atoms with van der Waals surface area (Å²) in [6.07, 6.45) is 6.77. The van der Waals surface area contributed by atoms with Crippen molar-refractivity contribution < 1.29 is 14.3 Å². The number of pyridine rings is 1. The van der Waals surface area contributed by atoms with Crippen LogP contribution in [-0.2, 0) is 16.1 Å². The summed E-state index contributed by atoms with van der Waals surface area (Å²) >= 11 is 0. The number of rotatable bonds is 7. The Labute approximate surface area is 153 Å². The highest BCUT2D eigenvalue weighted by atomic mass is 16.5. The quantitative estimate of drug-likeness (QED) is 0.802. The molecule has 1 saturated heterocycles. The molecule has 2 heterocycles. The molecule has 1 aromatic carbocycles. The summed E-state index contributed by atoms with van der Waals surface area (Å²) in [4.78, 5) is 28.1. The van der Waals surface area contributed by atoms with Gasteiger partial charge in [0, 0.05) is 43.2 Å². The van der Waals surface area contributed by atoms with Gasteiger partial charge in [0.2, 0.25) is 5.91 Å². The third-order valence-corrected chi connectivity index (χ3v) is 4.33. The number of nitrogens with one attached hydrogen (secondary N) is 2. The molecule has 1 unspecified atom stereocenters. The minimum absolute atomic E-state index is 0.0201. The van der Waals surface area contributed by atoms with E-state index in [1.165, 1.54) is 0 Å². The molecule has 136 valence electrons. The molecule has 0 bridgehead atoms. The first-order valence-corrected chi connectivity index (χ1v) is 8.89. The maximum atomic E-state index is 12.2. The topological polar surface area (TPSA) is 80.3 Å².